The van der Waals surface area contributed by atoms with E-state index in [-0.39, 0.29) is 12.1 Å². The number of nitrogens with zero attached hydrogens (tertiary/aromatic N) is 10. The van der Waals surface area contributed by atoms with Crippen LogP contribution in [0.1, 0.15) is 46.0 Å². The molecule has 0 saturated carbocycles. The van der Waals surface area contributed by atoms with Gasteiger partial charge in [0.05, 0.1) is 26.3 Å². The third kappa shape index (κ3) is 7.56. The monoisotopic (exact) mass is 670 g/mol. The Hall–Kier alpha value is -5.46. The third-order valence-corrected chi connectivity index (χ3v) is 9.46. The number of hydrogen-bond acceptors (Lipinski definition) is 10. The Kier molecular flexibility index (Phi) is 10.5. The van der Waals surface area contributed by atoms with Gasteiger partial charge in [0.25, 0.3) is 0 Å². The highest BCUT2D eigenvalue weighted by molar-refractivity contribution is 5.34. The van der Waals surface area contributed by atoms with Crippen LogP contribution in [0.25, 0.3) is 0 Å². The predicted octanol–water partition coefficient (Wildman–Crippen LogP) is 4.66. The maximum atomic E-state index is 5.49. The summed E-state index contributed by atoms with van der Waals surface area (Å²) in [6.45, 7) is 4.54. The molecule has 1 aliphatic heterocycles. The number of tetrazole rings is 2. The summed E-state index contributed by atoms with van der Waals surface area (Å²) >= 11 is 0. The van der Waals surface area contributed by atoms with Gasteiger partial charge in [-0.3, -0.25) is 9.80 Å². The van der Waals surface area contributed by atoms with Gasteiger partial charge >= 0.3 is 0 Å². The first-order valence-corrected chi connectivity index (χ1v) is 17.1. The number of aryl methyl sites for hydroxylation is 4. The molecule has 1 saturated heterocycles. The number of methoxy groups -OCH3 is 2. The first-order chi connectivity index (χ1) is 24.7. The maximum Gasteiger partial charge on any atom is 0.173 e. The molecular weight excluding hydrogens is 628 g/mol. The summed E-state index contributed by atoms with van der Waals surface area (Å²) in [7, 11) is 3.38. The van der Waals surface area contributed by atoms with E-state index in [1.165, 1.54) is 11.1 Å². The molecule has 4 aromatic carbocycles. The van der Waals surface area contributed by atoms with E-state index in [4.69, 9.17) is 9.47 Å². The van der Waals surface area contributed by atoms with E-state index in [9.17, 15) is 0 Å². The topological polar surface area (TPSA) is 112 Å². The molecule has 0 amide bonds. The molecule has 3 heterocycles. The summed E-state index contributed by atoms with van der Waals surface area (Å²) in [5, 5.41) is 26.4. The van der Waals surface area contributed by atoms with Gasteiger partial charge in [-0.25, -0.2) is 9.36 Å². The highest BCUT2D eigenvalue weighted by Crippen LogP contribution is 2.34. The van der Waals surface area contributed by atoms with Crippen LogP contribution in [0.4, 0.5) is 0 Å². The minimum Gasteiger partial charge on any atom is -0.497 e. The SMILES string of the molecule is COc1ccc(C(c2nnnn2CCc2ccccc2)N2CCN(C(c3ccc(OC)cc3)c3nnnn3CCc3ccccc3)CC2)cc1. The average molecular weight is 671 g/mol. The number of benzene rings is 4. The quantitative estimate of drug-likeness (QED) is 0.162. The van der Waals surface area contributed by atoms with Crippen LogP contribution in [0.15, 0.2) is 109 Å². The molecule has 12 heteroatoms. The summed E-state index contributed by atoms with van der Waals surface area (Å²) in [6.07, 6.45) is 1.68. The molecule has 0 radical (unpaired) electrons. The number of hydrogen-bond donors (Lipinski definition) is 0. The molecule has 0 spiro atoms. The molecule has 6 aromatic rings. The van der Waals surface area contributed by atoms with Crippen molar-refractivity contribution in [3.05, 3.63) is 143 Å². The van der Waals surface area contributed by atoms with E-state index in [2.05, 4.69) is 114 Å². The second-order valence-corrected chi connectivity index (χ2v) is 12.4. The van der Waals surface area contributed by atoms with E-state index in [1.807, 2.05) is 45.8 Å². The summed E-state index contributed by atoms with van der Waals surface area (Å²) in [5.74, 6) is 3.29. The lowest BCUT2D eigenvalue weighted by molar-refractivity contribution is 0.0822. The second kappa shape index (κ2) is 15.8. The van der Waals surface area contributed by atoms with Gasteiger partial charge in [0.1, 0.15) is 11.5 Å². The van der Waals surface area contributed by atoms with Gasteiger partial charge in [-0.2, -0.15) is 0 Å². The average Bonchev–Trinajstić information content (AvgIpc) is 3.85. The van der Waals surface area contributed by atoms with Crippen molar-refractivity contribution >= 4 is 0 Å². The number of ether oxygens (including phenoxy) is 2. The van der Waals surface area contributed by atoms with Gasteiger partial charge < -0.3 is 9.47 Å². The van der Waals surface area contributed by atoms with Crippen molar-refractivity contribution in [1.82, 2.24) is 50.2 Å². The van der Waals surface area contributed by atoms with E-state index in [0.717, 1.165) is 73.3 Å². The van der Waals surface area contributed by atoms with Crippen molar-refractivity contribution in [3.8, 4) is 11.5 Å². The minimum absolute atomic E-state index is 0.135. The van der Waals surface area contributed by atoms with Gasteiger partial charge in [0.2, 0.25) is 0 Å². The van der Waals surface area contributed by atoms with Crippen molar-refractivity contribution in [2.24, 2.45) is 0 Å². The number of rotatable bonds is 14. The lowest BCUT2D eigenvalue weighted by atomic mass is 10.0. The predicted molar refractivity (Wildman–Crippen MR) is 189 cm³/mol. The molecular formula is C38H42N10O2. The first-order valence-electron chi connectivity index (χ1n) is 17.1. The Bertz CT molecular complexity index is 1760. The molecule has 0 aliphatic carbocycles. The van der Waals surface area contributed by atoms with E-state index in [1.54, 1.807) is 14.2 Å². The molecule has 2 unspecified atom stereocenters. The number of aromatic nitrogens is 8. The fourth-order valence-electron chi connectivity index (χ4n) is 6.77. The first kappa shape index (κ1) is 33.1. The normalized spacial score (nSPS) is 15.1. The Morgan fingerprint density at radius 3 is 1.26 bits per heavy atom. The highest BCUT2D eigenvalue weighted by atomic mass is 16.5. The Morgan fingerprint density at radius 1 is 0.520 bits per heavy atom. The van der Waals surface area contributed by atoms with Crippen molar-refractivity contribution in [2.45, 2.75) is 38.0 Å². The van der Waals surface area contributed by atoms with Crippen LogP contribution in [0.5, 0.6) is 11.5 Å². The molecule has 50 heavy (non-hydrogen) atoms. The molecule has 12 nitrogen and oxygen atoms in total. The molecule has 2 aromatic heterocycles. The molecule has 1 fully saturated rings. The zero-order valence-electron chi connectivity index (χ0n) is 28.5. The molecule has 1 aliphatic rings. The van der Waals surface area contributed by atoms with Crippen LogP contribution < -0.4 is 9.47 Å². The van der Waals surface area contributed by atoms with Gasteiger partial charge in [-0.15, -0.1) is 10.2 Å². The largest absolute Gasteiger partial charge is 0.497 e. The highest BCUT2D eigenvalue weighted by Gasteiger charge is 2.35. The fraction of sp³-hybridized carbons (Fsp3) is 0.316. The van der Waals surface area contributed by atoms with Crippen LogP contribution in [0.2, 0.25) is 0 Å². The molecule has 0 N–H and O–H groups in total. The van der Waals surface area contributed by atoms with Gasteiger partial charge in [-0.1, -0.05) is 84.9 Å². The summed E-state index contributed by atoms with van der Waals surface area (Å²) in [6, 6.07) is 37.1. The smallest absolute Gasteiger partial charge is 0.173 e. The minimum atomic E-state index is -0.135. The molecule has 0 bridgehead atoms. The van der Waals surface area contributed by atoms with Crippen LogP contribution in [-0.2, 0) is 25.9 Å². The maximum absolute atomic E-state index is 5.49. The van der Waals surface area contributed by atoms with Crippen LogP contribution in [0.3, 0.4) is 0 Å². The molecule has 7 rings (SSSR count). The van der Waals surface area contributed by atoms with Gasteiger partial charge in [0, 0.05) is 39.3 Å². The molecule has 2 atom stereocenters. The van der Waals surface area contributed by atoms with E-state index in [0.29, 0.717) is 13.1 Å². The van der Waals surface area contributed by atoms with Crippen molar-refractivity contribution < 1.29 is 9.47 Å². The lowest BCUT2D eigenvalue weighted by Gasteiger charge is -2.41. The Morgan fingerprint density at radius 2 is 0.900 bits per heavy atom. The molecule has 256 valence electrons. The van der Waals surface area contributed by atoms with Crippen molar-refractivity contribution in [3.63, 3.8) is 0 Å². The van der Waals surface area contributed by atoms with Gasteiger partial charge in [-0.05, 0) is 80.2 Å². The summed E-state index contributed by atoms with van der Waals surface area (Å²) in [5.41, 5.74) is 4.73. The zero-order chi connectivity index (χ0) is 34.1. The van der Waals surface area contributed by atoms with Crippen molar-refractivity contribution in [2.75, 3.05) is 40.4 Å². The van der Waals surface area contributed by atoms with Crippen LogP contribution >= 0.6 is 0 Å². The Balaban J connectivity index is 1.15. The zero-order valence-corrected chi connectivity index (χ0v) is 28.5. The van der Waals surface area contributed by atoms with Crippen molar-refractivity contribution in [1.29, 1.82) is 0 Å². The lowest BCUT2D eigenvalue weighted by Crippen LogP contribution is -2.50. The summed E-state index contributed by atoms with van der Waals surface area (Å²) in [4.78, 5) is 4.96. The number of piperazine rings is 1. The standard InChI is InChI=1S/C38H42N10O2/c1-49-33-17-13-31(14-18-33)35(37-39-41-43-47(37)23-21-29-9-5-3-6-10-29)45-25-27-46(28-26-45)36(32-15-19-34(50-2)20-16-32)38-40-42-44-48(38)24-22-30-11-7-4-8-12-30/h3-20,35-36H,21-28H2,1-2H3. The van der Waals surface area contributed by atoms with E-state index < -0.39 is 0 Å². The second-order valence-electron chi connectivity index (χ2n) is 12.4. The Labute approximate surface area is 292 Å². The van der Waals surface area contributed by atoms with E-state index >= 15 is 0 Å². The van der Waals surface area contributed by atoms with Gasteiger partial charge in [0.15, 0.2) is 11.6 Å². The summed E-state index contributed by atoms with van der Waals surface area (Å²) < 4.78 is 14.9. The van der Waals surface area contributed by atoms with Crippen LogP contribution in [0, 0.1) is 0 Å². The third-order valence-electron chi connectivity index (χ3n) is 9.46. The fourth-order valence-corrected chi connectivity index (χ4v) is 6.77. The van der Waals surface area contributed by atoms with Crippen LogP contribution in [-0.4, -0.2) is 90.6 Å².